The molecule has 2 heterocycles. The Morgan fingerprint density at radius 3 is 2.69 bits per heavy atom. The summed E-state index contributed by atoms with van der Waals surface area (Å²) in [4.78, 5) is 19.2. The highest BCUT2D eigenvalue weighted by Crippen LogP contribution is 2.45. The quantitative estimate of drug-likeness (QED) is 0.813. The van der Waals surface area contributed by atoms with Crippen LogP contribution < -0.4 is 10.5 Å². The Labute approximate surface area is 155 Å². The zero-order chi connectivity index (χ0) is 18.8. The number of nitrogens with zero attached hydrogens (tertiary/aromatic N) is 3. The summed E-state index contributed by atoms with van der Waals surface area (Å²) in [5.41, 5.74) is 7.97. The summed E-state index contributed by atoms with van der Waals surface area (Å²) >= 11 is 1.20. The van der Waals surface area contributed by atoms with Gasteiger partial charge in [-0.15, -0.1) is 0 Å². The molecule has 134 valence electrons. The lowest BCUT2D eigenvalue weighted by Gasteiger charge is -2.34. The number of carbonyl (C=O) groups is 1. The second kappa shape index (κ2) is 7.14. The lowest BCUT2D eigenvalue weighted by atomic mass is 9.94. The van der Waals surface area contributed by atoms with E-state index in [2.05, 4.69) is 11.1 Å². The summed E-state index contributed by atoms with van der Waals surface area (Å²) in [6.07, 6.45) is 0. The second-order valence-corrected chi connectivity index (χ2v) is 6.57. The van der Waals surface area contributed by atoms with Gasteiger partial charge in [0.25, 0.3) is 0 Å². The minimum atomic E-state index is -0.522. The fourth-order valence-corrected chi connectivity index (χ4v) is 3.83. The number of fused-ring (bicyclic) bond motifs is 1. The third kappa shape index (κ3) is 2.91. The predicted octanol–water partition coefficient (Wildman–Crippen LogP) is 2.64. The van der Waals surface area contributed by atoms with Gasteiger partial charge in [-0.1, -0.05) is 12.1 Å². The molecule has 2 aliphatic heterocycles. The fourth-order valence-electron chi connectivity index (χ4n) is 2.91. The standard InChI is InChI=1S/C18H18N4O3S/c1-4-25-17(23)14-10(2)21-18-22(16(20)13(9-19)26-18)15(14)11-5-7-12(24-3)8-6-11/h5-8,15H,4,20H2,1-3H3. The van der Waals surface area contributed by atoms with Gasteiger partial charge in [-0.2, -0.15) is 5.26 Å². The third-order valence-electron chi connectivity index (χ3n) is 4.10. The summed E-state index contributed by atoms with van der Waals surface area (Å²) in [7, 11) is 1.59. The molecule has 0 spiro atoms. The number of rotatable bonds is 4. The van der Waals surface area contributed by atoms with Crippen LogP contribution in [0.2, 0.25) is 0 Å². The number of benzene rings is 1. The van der Waals surface area contributed by atoms with Gasteiger partial charge in [-0.3, -0.25) is 4.90 Å². The number of ether oxygens (including phenoxy) is 2. The number of esters is 1. The fraction of sp³-hybridized carbons (Fsp3) is 0.278. The number of hydrogen-bond donors (Lipinski definition) is 1. The van der Waals surface area contributed by atoms with Crippen LogP contribution in [0.15, 0.2) is 51.3 Å². The molecular formula is C18H18N4O3S. The Morgan fingerprint density at radius 1 is 1.42 bits per heavy atom. The molecule has 0 aromatic heterocycles. The summed E-state index contributed by atoms with van der Waals surface area (Å²) in [5, 5.41) is 9.90. The number of nitrogens with two attached hydrogens (primary N) is 1. The van der Waals surface area contributed by atoms with Crippen LogP contribution in [0.1, 0.15) is 25.5 Å². The zero-order valence-electron chi connectivity index (χ0n) is 14.6. The van der Waals surface area contributed by atoms with Crippen molar-refractivity contribution in [3.05, 3.63) is 51.8 Å². The van der Waals surface area contributed by atoms with Gasteiger partial charge in [-0.05, 0) is 43.3 Å². The Hall–Kier alpha value is -2.92. The van der Waals surface area contributed by atoms with E-state index in [0.29, 0.717) is 27.1 Å². The van der Waals surface area contributed by atoms with Gasteiger partial charge >= 0.3 is 5.97 Å². The SMILES string of the molecule is CCOC(=O)C1=C(C)N=C2SC(C#N)=C(N)N2C1c1ccc(OC)cc1. The first-order valence-corrected chi connectivity index (χ1v) is 8.80. The van der Waals surface area contributed by atoms with Gasteiger partial charge in [0.1, 0.15) is 22.5 Å². The first-order valence-electron chi connectivity index (χ1n) is 7.99. The third-order valence-corrected chi connectivity index (χ3v) is 5.08. The lowest BCUT2D eigenvalue weighted by molar-refractivity contribution is -0.139. The molecule has 8 heteroatoms. The van der Waals surface area contributed by atoms with Crippen molar-refractivity contribution in [2.45, 2.75) is 19.9 Å². The molecular weight excluding hydrogens is 352 g/mol. The number of carbonyl (C=O) groups excluding carboxylic acids is 1. The molecule has 0 bridgehead atoms. The van der Waals surface area contributed by atoms with Crippen molar-refractivity contribution < 1.29 is 14.3 Å². The number of thioether (sulfide) groups is 1. The largest absolute Gasteiger partial charge is 0.497 e. The van der Waals surface area contributed by atoms with E-state index in [0.717, 1.165) is 5.56 Å². The van der Waals surface area contributed by atoms with Crippen LogP contribution >= 0.6 is 11.8 Å². The smallest absolute Gasteiger partial charge is 0.338 e. The molecule has 1 aromatic rings. The Bertz CT molecular complexity index is 881. The van der Waals surface area contributed by atoms with Crippen LogP contribution in [-0.4, -0.2) is 29.8 Å². The van der Waals surface area contributed by atoms with Crippen molar-refractivity contribution in [3.63, 3.8) is 0 Å². The molecule has 0 aliphatic carbocycles. The molecule has 0 saturated carbocycles. The van der Waals surface area contributed by atoms with Crippen LogP contribution in [0, 0.1) is 11.3 Å². The van der Waals surface area contributed by atoms with Crippen LogP contribution in [0.3, 0.4) is 0 Å². The summed E-state index contributed by atoms with van der Waals surface area (Å²) in [6.45, 7) is 3.76. The van der Waals surface area contributed by atoms with Crippen LogP contribution in [-0.2, 0) is 9.53 Å². The Kier molecular flexibility index (Phi) is 4.91. The van der Waals surface area contributed by atoms with Crippen molar-refractivity contribution in [2.24, 2.45) is 10.7 Å². The van der Waals surface area contributed by atoms with E-state index < -0.39 is 12.0 Å². The van der Waals surface area contributed by atoms with Crippen LogP contribution in [0.25, 0.3) is 0 Å². The van der Waals surface area contributed by atoms with E-state index >= 15 is 0 Å². The average molecular weight is 370 g/mol. The Morgan fingerprint density at radius 2 is 2.12 bits per heavy atom. The first kappa shape index (κ1) is 17.9. The van der Waals surface area contributed by atoms with Gasteiger partial charge in [-0.25, -0.2) is 9.79 Å². The molecule has 0 radical (unpaired) electrons. The summed E-state index contributed by atoms with van der Waals surface area (Å²) in [5.74, 6) is 0.539. The zero-order valence-corrected chi connectivity index (χ0v) is 15.5. The van der Waals surface area contributed by atoms with Crippen molar-refractivity contribution in [3.8, 4) is 11.8 Å². The summed E-state index contributed by atoms with van der Waals surface area (Å²) < 4.78 is 10.4. The second-order valence-electron chi connectivity index (χ2n) is 5.59. The molecule has 0 fully saturated rings. The molecule has 3 rings (SSSR count). The van der Waals surface area contributed by atoms with E-state index in [1.807, 2.05) is 24.3 Å². The topological polar surface area (TPSA) is 101 Å². The van der Waals surface area contributed by atoms with E-state index in [9.17, 15) is 10.1 Å². The highest BCUT2D eigenvalue weighted by molar-refractivity contribution is 8.17. The number of methoxy groups -OCH3 is 1. The molecule has 26 heavy (non-hydrogen) atoms. The maximum Gasteiger partial charge on any atom is 0.338 e. The molecule has 1 aromatic carbocycles. The first-order chi connectivity index (χ1) is 12.5. The van der Waals surface area contributed by atoms with Crippen LogP contribution in [0.5, 0.6) is 5.75 Å². The summed E-state index contributed by atoms with van der Waals surface area (Å²) in [6, 6.07) is 8.91. The lowest BCUT2D eigenvalue weighted by Crippen LogP contribution is -2.38. The molecule has 0 amide bonds. The van der Waals surface area contributed by atoms with Gasteiger partial charge in [0, 0.05) is 0 Å². The molecule has 1 unspecified atom stereocenters. The number of nitriles is 1. The van der Waals surface area contributed by atoms with Crippen molar-refractivity contribution in [2.75, 3.05) is 13.7 Å². The van der Waals surface area contributed by atoms with E-state index in [1.165, 1.54) is 11.8 Å². The Balaban J connectivity index is 2.15. The number of allylic oxidation sites excluding steroid dienone is 2. The predicted molar refractivity (Wildman–Crippen MR) is 98.8 cm³/mol. The van der Waals surface area contributed by atoms with Crippen LogP contribution in [0.4, 0.5) is 0 Å². The maximum atomic E-state index is 12.6. The van der Waals surface area contributed by atoms with Gasteiger partial charge in [0.15, 0.2) is 5.17 Å². The van der Waals surface area contributed by atoms with Crippen molar-refractivity contribution >= 4 is 22.9 Å². The molecule has 7 nitrogen and oxygen atoms in total. The maximum absolute atomic E-state index is 12.6. The molecule has 2 aliphatic rings. The molecule has 0 saturated heterocycles. The molecule has 2 N–H and O–H groups in total. The van der Waals surface area contributed by atoms with E-state index in [4.69, 9.17) is 15.2 Å². The highest BCUT2D eigenvalue weighted by atomic mass is 32.2. The van der Waals surface area contributed by atoms with Crippen molar-refractivity contribution in [1.29, 1.82) is 5.26 Å². The van der Waals surface area contributed by atoms with E-state index in [-0.39, 0.29) is 12.4 Å². The van der Waals surface area contributed by atoms with Gasteiger partial charge in [0.2, 0.25) is 0 Å². The van der Waals surface area contributed by atoms with Gasteiger partial charge < -0.3 is 15.2 Å². The highest BCUT2D eigenvalue weighted by Gasteiger charge is 2.42. The number of aliphatic imine (C=N–C) groups is 1. The van der Waals surface area contributed by atoms with Gasteiger partial charge in [0.05, 0.1) is 31.0 Å². The minimum Gasteiger partial charge on any atom is -0.497 e. The normalized spacial score (nSPS) is 19.1. The monoisotopic (exact) mass is 370 g/mol. The van der Waals surface area contributed by atoms with E-state index in [1.54, 1.807) is 25.9 Å². The average Bonchev–Trinajstić information content (AvgIpc) is 2.96. The number of hydrogen-bond acceptors (Lipinski definition) is 8. The minimum absolute atomic E-state index is 0.255. The van der Waals surface area contributed by atoms with Crippen molar-refractivity contribution in [1.82, 2.24) is 4.90 Å². The number of amidine groups is 1. The molecule has 1 atom stereocenters.